The summed E-state index contributed by atoms with van der Waals surface area (Å²) in [5.41, 5.74) is 0.0208. The van der Waals surface area contributed by atoms with Crippen LogP contribution in [0.15, 0.2) is 30.6 Å². The highest BCUT2D eigenvalue weighted by atomic mass is 19.4. The minimum Gasteiger partial charge on any atom is -0.298 e. The van der Waals surface area contributed by atoms with E-state index in [9.17, 15) is 22.0 Å². The molecule has 1 atom stereocenters. The lowest BCUT2D eigenvalue weighted by Gasteiger charge is -2.20. The molecule has 1 aromatic heterocycles. The quantitative estimate of drug-likeness (QED) is 0.880. The van der Waals surface area contributed by atoms with Gasteiger partial charge in [0.05, 0.1) is 6.20 Å². The number of aromatic nitrogens is 2. The molecule has 3 nitrogen and oxygen atoms in total. The lowest BCUT2D eigenvalue weighted by Crippen LogP contribution is -2.33. The highest BCUT2D eigenvalue weighted by Crippen LogP contribution is 2.32. The van der Waals surface area contributed by atoms with Crippen LogP contribution in [0.5, 0.6) is 0 Å². The van der Waals surface area contributed by atoms with E-state index < -0.39 is 23.9 Å². The van der Waals surface area contributed by atoms with Crippen molar-refractivity contribution < 1.29 is 22.0 Å². The van der Waals surface area contributed by atoms with Gasteiger partial charge in [0.25, 0.3) is 0 Å². The summed E-state index contributed by atoms with van der Waals surface area (Å²) in [5.74, 6) is -1.67. The van der Waals surface area contributed by atoms with E-state index in [0.29, 0.717) is 6.07 Å². The van der Waals surface area contributed by atoms with Crippen LogP contribution < -0.4 is 5.32 Å². The number of benzene rings is 1. The lowest BCUT2D eigenvalue weighted by molar-refractivity contribution is -0.158. The van der Waals surface area contributed by atoms with Gasteiger partial charge in [-0.2, -0.15) is 18.3 Å². The SMILES string of the molecule is Cn1cc(C(NCc2cc(F)cc(F)c2)C(F)(F)F)cn1. The summed E-state index contributed by atoms with van der Waals surface area (Å²) >= 11 is 0. The van der Waals surface area contributed by atoms with Crippen molar-refractivity contribution in [2.24, 2.45) is 7.05 Å². The van der Waals surface area contributed by atoms with Gasteiger partial charge in [-0.15, -0.1) is 0 Å². The first-order chi connectivity index (χ1) is 9.75. The third-order valence-electron chi connectivity index (χ3n) is 2.82. The van der Waals surface area contributed by atoms with Crippen molar-refractivity contribution in [3.8, 4) is 0 Å². The third-order valence-corrected chi connectivity index (χ3v) is 2.82. The van der Waals surface area contributed by atoms with E-state index in [2.05, 4.69) is 10.4 Å². The zero-order chi connectivity index (χ0) is 15.6. The van der Waals surface area contributed by atoms with Gasteiger partial charge in [-0.1, -0.05) is 0 Å². The number of aryl methyl sites for hydroxylation is 1. The summed E-state index contributed by atoms with van der Waals surface area (Å²) in [5, 5.41) is 5.94. The highest BCUT2D eigenvalue weighted by Gasteiger charge is 2.41. The molecule has 1 unspecified atom stereocenters. The Balaban J connectivity index is 2.16. The van der Waals surface area contributed by atoms with Gasteiger partial charge >= 0.3 is 6.18 Å². The second-order valence-electron chi connectivity index (χ2n) is 4.58. The Morgan fingerprint density at radius 3 is 2.29 bits per heavy atom. The molecular weight excluding hydrogens is 293 g/mol. The highest BCUT2D eigenvalue weighted by molar-refractivity contribution is 5.19. The molecule has 1 aromatic carbocycles. The van der Waals surface area contributed by atoms with Crippen LogP contribution >= 0.6 is 0 Å². The van der Waals surface area contributed by atoms with Gasteiger partial charge in [0.15, 0.2) is 0 Å². The van der Waals surface area contributed by atoms with Crippen LogP contribution in [-0.2, 0) is 13.6 Å². The second-order valence-corrected chi connectivity index (χ2v) is 4.58. The van der Waals surface area contributed by atoms with Crippen LogP contribution in [0.25, 0.3) is 0 Å². The number of rotatable bonds is 4. The standard InChI is InChI=1S/C13H12F5N3/c1-21-7-9(6-20-21)12(13(16,17)18)19-5-8-2-10(14)4-11(15)3-8/h2-4,6-7,12,19H,5H2,1H3. The molecule has 1 N–H and O–H groups in total. The van der Waals surface area contributed by atoms with E-state index in [4.69, 9.17) is 0 Å². The van der Waals surface area contributed by atoms with Gasteiger partial charge < -0.3 is 0 Å². The molecule has 0 aliphatic carbocycles. The zero-order valence-electron chi connectivity index (χ0n) is 11.0. The van der Waals surface area contributed by atoms with Crippen LogP contribution in [-0.4, -0.2) is 16.0 Å². The van der Waals surface area contributed by atoms with Crippen molar-refractivity contribution in [3.63, 3.8) is 0 Å². The normalized spacial score (nSPS) is 13.4. The molecule has 0 amide bonds. The van der Waals surface area contributed by atoms with Crippen molar-refractivity contribution in [1.82, 2.24) is 15.1 Å². The molecule has 0 saturated heterocycles. The maximum Gasteiger partial charge on any atom is 0.408 e. The van der Waals surface area contributed by atoms with Crippen molar-refractivity contribution in [2.45, 2.75) is 18.8 Å². The molecule has 0 fully saturated rings. The second kappa shape index (κ2) is 5.80. The first-order valence-corrected chi connectivity index (χ1v) is 5.99. The largest absolute Gasteiger partial charge is 0.408 e. The van der Waals surface area contributed by atoms with Crippen molar-refractivity contribution in [1.29, 1.82) is 0 Å². The third kappa shape index (κ3) is 4.01. The Kier molecular flexibility index (Phi) is 4.26. The van der Waals surface area contributed by atoms with Gasteiger partial charge in [0.1, 0.15) is 17.7 Å². The van der Waals surface area contributed by atoms with Crippen LogP contribution in [0.3, 0.4) is 0 Å². The van der Waals surface area contributed by atoms with Gasteiger partial charge in [0, 0.05) is 31.4 Å². The zero-order valence-corrected chi connectivity index (χ0v) is 11.0. The number of nitrogens with zero attached hydrogens (tertiary/aromatic N) is 2. The van der Waals surface area contributed by atoms with Crippen LogP contribution in [0, 0.1) is 11.6 Å². The summed E-state index contributed by atoms with van der Waals surface area (Å²) in [7, 11) is 1.50. The van der Waals surface area contributed by atoms with Crippen LogP contribution in [0.1, 0.15) is 17.2 Å². The van der Waals surface area contributed by atoms with Crippen LogP contribution in [0.4, 0.5) is 22.0 Å². The van der Waals surface area contributed by atoms with E-state index >= 15 is 0 Å². The molecule has 0 radical (unpaired) electrons. The van der Waals surface area contributed by atoms with E-state index in [1.165, 1.54) is 17.9 Å². The monoisotopic (exact) mass is 305 g/mol. The first-order valence-electron chi connectivity index (χ1n) is 5.99. The number of nitrogens with one attached hydrogen (secondary N) is 1. The number of hydrogen-bond donors (Lipinski definition) is 1. The summed E-state index contributed by atoms with van der Waals surface area (Å²) < 4.78 is 66.4. The molecule has 2 rings (SSSR count). The molecule has 2 aromatic rings. The van der Waals surface area contributed by atoms with Crippen molar-refractivity contribution in [2.75, 3.05) is 0 Å². The lowest BCUT2D eigenvalue weighted by atomic mass is 10.1. The fourth-order valence-electron chi connectivity index (χ4n) is 1.94. The molecule has 8 heteroatoms. The fourth-order valence-corrected chi connectivity index (χ4v) is 1.94. The Morgan fingerprint density at radius 1 is 1.19 bits per heavy atom. The predicted octanol–water partition coefficient (Wildman–Crippen LogP) is 3.09. The summed E-state index contributed by atoms with van der Waals surface area (Å²) in [6.07, 6.45) is -2.22. The average Bonchev–Trinajstić information content (AvgIpc) is 2.72. The molecular formula is C13H12F5N3. The Hall–Kier alpha value is -1.96. The fraction of sp³-hybridized carbons (Fsp3) is 0.308. The molecule has 0 aliphatic rings. The summed E-state index contributed by atoms with van der Waals surface area (Å²) in [4.78, 5) is 0. The van der Waals surface area contributed by atoms with E-state index in [-0.39, 0.29) is 17.7 Å². The number of halogens is 5. The van der Waals surface area contributed by atoms with E-state index in [0.717, 1.165) is 18.3 Å². The van der Waals surface area contributed by atoms with Gasteiger partial charge in [-0.3, -0.25) is 10.00 Å². The van der Waals surface area contributed by atoms with Crippen molar-refractivity contribution >= 4 is 0 Å². The minimum absolute atomic E-state index is 0.0677. The average molecular weight is 305 g/mol. The predicted molar refractivity (Wildman–Crippen MR) is 65.2 cm³/mol. The maximum atomic E-state index is 13.0. The Morgan fingerprint density at radius 2 is 1.81 bits per heavy atom. The minimum atomic E-state index is -4.55. The Labute approximate surface area is 117 Å². The molecule has 21 heavy (non-hydrogen) atoms. The van der Waals surface area contributed by atoms with E-state index in [1.54, 1.807) is 0 Å². The molecule has 0 bridgehead atoms. The first kappa shape index (κ1) is 15.4. The van der Waals surface area contributed by atoms with Gasteiger partial charge in [0.2, 0.25) is 0 Å². The molecule has 0 aliphatic heterocycles. The smallest absolute Gasteiger partial charge is 0.298 e. The van der Waals surface area contributed by atoms with E-state index in [1.807, 2.05) is 0 Å². The molecule has 0 saturated carbocycles. The Bertz CT molecular complexity index is 600. The van der Waals surface area contributed by atoms with Crippen molar-refractivity contribution in [3.05, 3.63) is 53.4 Å². The summed E-state index contributed by atoms with van der Waals surface area (Å²) in [6, 6.07) is 0.656. The number of hydrogen-bond acceptors (Lipinski definition) is 2. The molecule has 114 valence electrons. The van der Waals surface area contributed by atoms with Gasteiger partial charge in [-0.05, 0) is 17.7 Å². The van der Waals surface area contributed by atoms with Crippen LogP contribution in [0.2, 0.25) is 0 Å². The maximum absolute atomic E-state index is 13.0. The summed E-state index contributed by atoms with van der Waals surface area (Å²) in [6.45, 7) is -0.326. The molecule has 1 heterocycles. The number of alkyl halides is 3. The van der Waals surface area contributed by atoms with Gasteiger partial charge in [-0.25, -0.2) is 8.78 Å². The molecule has 0 spiro atoms. The topological polar surface area (TPSA) is 29.9 Å².